The predicted octanol–water partition coefficient (Wildman–Crippen LogP) is 3.39. The quantitative estimate of drug-likeness (QED) is 0.769. The van der Waals surface area contributed by atoms with Gasteiger partial charge in [0.1, 0.15) is 11.6 Å². The Kier molecular flexibility index (Phi) is 6.28. The van der Waals surface area contributed by atoms with Crippen LogP contribution in [0.25, 0.3) is 0 Å². The first-order valence-electron chi connectivity index (χ1n) is 9.07. The molecule has 2 heterocycles. The molecule has 0 spiro atoms. The molecule has 1 saturated heterocycles. The van der Waals surface area contributed by atoms with Gasteiger partial charge in [0.15, 0.2) is 5.76 Å². The summed E-state index contributed by atoms with van der Waals surface area (Å²) in [7, 11) is 0. The summed E-state index contributed by atoms with van der Waals surface area (Å²) >= 11 is 0. The van der Waals surface area contributed by atoms with Crippen molar-refractivity contribution >= 4 is 5.91 Å². The third-order valence-corrected chi connectivity index (χ3v) is 4.69. The minimum Gasteiger partial charge on any atom is -0.494 e. The first-order chi connectivity index (χ1) is 12.6. The van der Waals surface area contributed by atoms with Crippen LogP contribution in [-0.2, 0) is 0 Å². The topological polar surface area (TPSA) is 54.7 Å². The monoisotopic (exact) mass is 360 g/mol. The average molecular weight is 360 g/mol. The van der Waals surface area contributed by atoms with E-state index in [4.69, 9.17) is 9.15 Å². The Labute approximate surface area is 153 Å². The number of carbonyl (C=O) groups excluding carboxylic acids is 1. The summed E-state index contributed by atoms with van der Waals surface area (Å²) in [5, 5.41) is 3.06. The molecular weight excluding hydrogens is 335 g/mol. The van der Waals surface area contributed by atoms with Crippen molar-refractivity contribution < 1.29 is 18.3 Å². The zero-order chi connectivity index (χ0) is 18.4. The summed E-state index contributed by atoms with van der Waals surface area (Å²) in [5.41, 5.74) is 0.862. The minimum atomic E-state index is -0.255. The third-order valence-electron chi connectivity index (χ3n) is 4.69. The fourth-order valence-electron chi connectivity index (χ4n) is 3.17. The summed E-state index contributed by atoms with van der Waals surface area (Å²) in [5.74, 6) is 0.722. The van der Waals surface area contributed by atoms with Crippen molar-refractivity contribution in [1.82, 2.24) is 10.2 Å². The number of nitrogens with one attached hydrogen (secondary N) is 1. The van der Waals surface area contributed by atoms with Crippen molar-refractivity contribution in [2.75, 3.05) is 26.2 Å². The van der Waals surface area contributed by atoms with Crippen molar-refractivity contribution in [1.29, 1.82) is 0 Å². The van der Waals surface area contributed by atoms with Crippen molar-refractivity contribution in [3.8, 4) is 5.75 Å². The first-order valence-corrected chi connectivity index (χ1v) is 9.07. The number of furan rings is 1. The van der Waals surface area contributed by atoms with Gasteiger partial charge >= 0.3 is 0 Å². The predicted molar refractivity (Wildman–Crippen MR) is 96.9 cm³/mol. The number of hydrogen-bond acceptors (Lipinski definition) is 4. The Morgan fingerprint density at radius 3 is 2.65 bits per heavy atom. The SMILES string of the molecule is Cc1ccoc1C(=O)NC1CCN(CCCOc2ccc(F)cc2)CC1. The number of rotatable bonds is 7. The molecule has 1 aromatic heterocycles. The molecule has 0 saturated carbocycles. The number of halogens is 1. The van der Waals surface area contributed by atoms with E-state index in [0.717, 1.165) is 44.5 Å². The Morgan fingerprint density at radius 1 is 1.27 bits per heavy atom. The fraction of sp³-hybridized carbons (Fsp3) is 0.450. The second-order valence-corrected chi connectivity index (χ2v) is 6.68. The van der Waals surface area contributed by atoms with Crippen LogP contribution in [0.4, 0.5) is 4.39 Å². The summed E-state index contributed by atoms with van der Waals surface area (Å²) in [6.45, 7) is 5.35. The van der Waals surface area contributed by atoms with Crippen LogP contribution in [0.15, 0.2) is 41.0 Å². The number of carbonyl (C=O) groups is 1. The lowest BCUT2D eigenvalue weighted by Gasteiger charge is -2.32. The largest absolute Gasteiger partial charge is 0.494 e. The van der Waals surface area contributed by atoms with E-state index in [1.54, 1.807) is 24.5 Å². The van der Waals surface area contributed by atoms with E-state index in [1.165, 1.54) is 12.1 Å². The average Bonchev–Trinajstić information content (AvgIpc) is 3.08. The smallest absolute Gasteiger partial charge is 0.287 e. The second kappa shape index (κ2) is 8.85. The van der Waals surface area contributed by atoms with Crippen LogP contribution >= 0.6 is 0 Å². The third kappa shape index (κ3) is 5.08. The summed E-state index contributed by atoms with van der Waals surface area (Å²) < 4.78 is 23.7. The molecule has 140 valence electrons. The van der Waals surface area contributed by atoms with Gasteiger partial charge < -0.3 is 19.4 Å². The molecule has 1 aliphatic rings. The van der Waals surface area contributed by atoms with Gasteiger partial charge in [-0.2, -0.15) is 0 Å². The lowest BCUT2D eigenvalue weighted by atomic mass is 10.0. The van der Waals surface area contributed by atoms with Crippen LogP contribution in [0, 0.1) is 12.7 Å². The molecule has 26 heavy (non-hydrogen) atoms. The number of benzene rings is 1. The summed E-state index contributed by atoms with van der Waals surface area (Å²) in [6, 6.07) is 8.08. The standard InChI is InChI=1S/C20H25FN2O3/c1-15-9-14-26-19(15)20(24)22-17-7-11-23(12-8-17)10-2-13-25-18-5-3-16(21)4-6-18/h3-6,9,14,17H,2,7-8,10-13H2,1H3,(H,22,24). The Balaban J connectivity index is 1.32. The van der Waals surface area contributed by atoms with E-state index in [-0.39, 0.29) is 17.8 Å². The van der Waals surface area contributed by atoms with Crippen molar-refractivity contribution in [3.05, 3.63) is 53.7 Å². The molecule has 1 fully saturated rings. The summed E-state index contributed by atoms with van der Waals surface area (Å²) in [4.78, 5) is 14.6. The molecule has 2 aromatic rings. The van der Waals surface area contributed by atoms with Gasteiger partial charge in [-0.3, -0.25) is 4.79 Å². The molecule has 0 bridgehead atoms. The van der Waals surface area contributed by atoms with Gasteiger partial charge in [0.05, 0.1) is 12.9 Å². The van der Waals surface area contributed by atoms with Gasteiger partial charge in [0.25, 0.3) is 5.91 Å². The molecule has 3 rings (SSSR count). The molecule has 1 aliphatic heterocycles. The molecule has 1 amide bonds. The van der Waals surface area contributed by atoms with E-state index in [9.17, 15) is 9.18 Å². The lowest BCUT2D eigenvalue weighted by molar-refractivity contribution is 0.0881. The van der Waals surface area contributed by atoms with E-state index in [1.807, 2.05) is 6.92 Å². The van der Waals surface area contributed by atoms with Gasteiger partial charge in [0.2, 0.25) is 0 Å². The van der Waals surface area contributed by atoms with E-state index in [2.05, 4.69) is 10.2 Å². The Hall–Kier alpha value is -2.34. The van der Waals surface area contributed by atoms with E-state index >= 15 is 0 Å². The molecule has 0 radical (unpaired) electrons. The highest BCUT2D eigenvalue weighted by Gasteiger charge is 2.22. The highest BCUT2D eigenvalue weighted by Crippen LogP contribution is 2.15. The van der Waals surface area contributed by atoms with Crippen molar-refractivity contribution in [3.63, 3.8) is 0 Å². The number of nitrogens with zero attached hydrogens (tertiary/aromatic N) is 1. The number of ether oxygens (including phenoxy) is 1. The number of hydrogen-bond donors (Lipinski definition) is 1. The number of piperidine rings is 1. The molecular formula is C20H25FN2O3. The first kappa shape index (κ1) is 18.5. The minimum absolute atomic E-state index is 0.126. The second-order valence-electron chi connectivity index (χ2n) is 6.68. The van der Waals surface area contributed by atoms with E-state index in [0.29, 0.717) is 18.1 Å². The van der Waals surface area contributed by atoms with Crippen LogP contribution in [-0.4, -0.2) is 43.1 Å². The van der Waals surface area contributed by atoms with Gasteiger partial charge in [-0.1, -0.05) is 0 Å². The summed E-state index contributed by atoms with van der Waals surface area (Å²) in [6.07, 6.45) is 4.33. The number of likely N-dealkylation sites (tertiary alicyclic amines) is 1. The van der Waals surface area contributed by atoms with E-state index < -0.39 is 0 Å². The highest BCUT2D eigenvalue weighted by atomic mass is 19.1. The molecule has 0 aliphatic carbocycles. The van der Waals surface area contributed by atoms with Gasteiger partial charge in [0, 0.05) is 31.2 Å². The zero-order valence-electron chi connectivity index (χ0n) is 15.0. The van der Waals surface area contributed by atoms with Crippen LogP contribution in [0.2, 0.25) is 0 Å². The van der Waals surface area contributed by atoms with Crippen LogP contribution in [0.5, 0.6) is 5.75 Å². The molecule has 1 aromatic carbocycles. The molecule has 1 N–H and O–H groups in total. The molecule has 0 unspecified atom stereocenters. The number of aryl methyl sites for hydroxylation is 1. The molecule has 6 heteroatoms. The number of amides is 1. The zero-order valence-corrected chi connectivity index (χ0v) is 15.0. The molecule has 5 nitrogen and oxygen atoms in total. The van der Waals surface area contributed by atoms with Crippen LogP contribution < -0.4 is 10.1 Å². The highest BCUT2D eigenvalue weighted by molar-refractivity contribution is 5.92. The maximum absolute atomic E-state index is 12.8. The van der Waals surface area contributed by atoms with Gasteiger partial charge in [-0.25, -0.2) is 4.39 Å². The molecule has 0 atom stereocenters. The lowest BCUT2D eigenvalue weighted by Crippen LogP contribution is -2.45. The van der Waals surface area contributed by atoms with Gasteiger partial charge in [-0.05, 0) is 56.5 Å². The van der Waals surface area contributed by atoms with Crippen LogP contribution in [0.3, 0.4) is 0 Å². The maximum atomic E-state index is 12.8. The van der Waals surface area contributed by atoms with Gasteiger partial charge in [-0.15, -0.1) is 0 Å². The van der Waals surface area contributed by atoms with Crippen LogP contribution in [0.1, 0.15) is 35.4 Å². The fourth-order valence-corrected chi connectivity index (χ4v) is 3.17. The normalized spacial score (nSPS) is 15.8. The maximum Gasteiger partial charge on any atom is 0.287 e. The Morgan fingerprint density at radius 2 is 2.00 bits per heavy atom. The van der Waals surface area contributed by atoms with Crippen molar-refractivity contribution in [2.45, 2.75) is 32.2 Å². The Bertz CT molecular complexity index is 706. The van der Waals surface area contributed by atoms with Crippen molar-refractivity contribution in [2.24, 2.45) is 0 Å².